The molecule has 0 spiro atoms. The van der Waals surface area contributed by atoms with Gasteiger partial charge in [-0.2, -0.15) is 10.4 Å². The zero-order chi connectivity index (χ0) is 15.6. The first kappa shape index (κ1) is 14.9. The van der Waals surface area contributed by atoms with Gasteiger partial charge in [-0.25, -0.2) is 4.68 Å². The van der Waals surface area contributed by atoms with Gasteiger partial charge in [0.05, 0.1) is 0 Å². The number of pyridine rings is 1. The molecule has 0 bridgehead atoms. The molecule has 0 fully saturated rings. The molecule has 0 unspecified atom stereocenters. The molecule has 2 aromatic rings. The SMILES string of the molecule is CC(C)(C)CCn1cc(-n2cccn2)c(O)c(C#N)c1=O. The highest BCUT2D eigenvalue weighted by Crippen LogP contribution is 2.24. The molecule has 6 heteroatoms. The molecule has 2 rings (SSSR count). The zero-order valence-corrected chi connectivity index (χ0v) is 12.4. The monoisotopic (exact) mass is 286 g/mol. The van der Waals surface area contributed by atoms with E-state index in [9.17, 15) is 9.90 Å². The minimum absolute atomic E-state index is 0.0655. The van der Waals surface area contributed by atoms with Gasteiger partial charge in [-0.1, -0.05) is 20.8 Å². The predicted molar refractivity (Wildman–Crippen MR) is 78.3 cm³/mol. The fourth-order valence-electron chi connectivity index (χ4n) is 1.94. The van der Waals surface area contributed by atoms with Crippen LogP contribution < -0.4 is 5.56 Å². The van der Waals surface area contributed by atoms with E-state index in [1.165, 1.54) is 15.4 Å². The lowest BCUT2D eigenvalue weighted by Gasteiger charge is -2.19. The number of aromatic nitrogens is 3. The van der Waals surface area contributed by atoms with Crippen LogP contribution in [0.15, 0.2) is 29.5 Å². The average Bonchev–Trinajstić information content (AvgIpc) is 2.91. The maximum Gasteiger partial charge on any atom is 0.272 e. The van der Waals surface area contributed by atoms with Gasteiger partial charge in [-0.05, 0) is 17.9 Å². The zero-order valence-electron chi connectivity index (χ0n) is 12.4. The van der Waals surface area contributed by atoms with E-state index in [-0.39, 0.29) is 16.7 Å². The van der Waals surface area contributed by atoms with Gasteiger partial charge < -0.3 is 9.67 Å². The number of nitrogens with zero attached hydrogens (tertiary/aromatic N) is 4. The number of aromatic hydroxyl groups is 1. The quantitative estimate of drug-likeness (QED) is 0.936. The van der Waals surface area contributed by atoms with E-state index in [1.54, 1.807) is 24.5 Å². The first-order valence-electron chi connectivity index (χ1n) is 6.70. The van der Waals surface area contributed by atoms with Crippen molar-refractivity contribution >= 4 is 0 Å². The summed E-state index contributed by atoms with van der Waals surface area (Å²) < 4.78 is 2.89. The van der Waals surface area contributed by atoms with Gasteiger partial charge in [0.2, 0.25) is 0 Å². The Morgan fingerprint density at radius 1 is 1.43 bits per heavy atom. The van der Waals surface area contributed by atoms with E-state index in [1.807, 2.05) is 0 Å². The minimum atomic E-state index is -0.477. The molecular formula is C15H18N4O2. The molecule has 0 radical (unpaired) electrons. The number of nitriles is 1. The van der Waals surface area contributed by atoms with E-state index < -0.39 is 5.56 Å². The summed E-state index contributed by atoms with van der Waals surface area (Å²) in [7, 11) is 0. The van der Waals surface area contributed by atoms with Gasteiger partial charge in [0.15, 0.2) is 11.3 Å². The number of hydrogen-bond acceptors (Lipinski definition) is 4. The molecule has 0 aromatic carbocycles. The number of rotatable bonds is 3. The Morgan fingerprint density at radius 3 is 2.67 bits per heavy atom. The molecule has 0 amide bonds. The standard InChI is InChI=1S/C15H18N4O2/c1-15(2,3)5-8-18-10-12(19-7-4-6-17-19)13(20)11(9-16)14(18)21/h4,6-7,10,20H,5,8H2,1-3H3. The third kappa shape index (κ3) is 3.14. The normalized spacial score (nSPS) is 11.3. The Hall–Kier alpha value is -2.55. The second-order valence-corrected chi connectivity index (χ2v) is 6.11. The first-order chi connectivity index (χ1) is 9.83. The summed E-state index contributed by atoms with van der Waals surface area (Å²) in [5.74, 6) is -0.335. The molecule has 2 heterocycles. The largest absolute Gasteiger partial charge is 0.504 e. The van der Waals surface area contributed by atoms with Gasteiger partial charge in [0.25, 0.3) is 5.56 Å². The van der Waals surface area contributed by atoms with Crippen molar-refractivity contribution in [2.45, 2.75) is 33.7 Å². The highest BCUT2D eigenvalue weighted by molar-refractivity contribution is 5.53. The van der Waals surface area contributed by atoms with Crippen molar-refractivity contribution in [1.82, 2.24) is 14.3 Å². The lowest BCUT2D eigenvalue weighted by molar-refractivity contribution is 0.346. The second kappa shape index (κ2) is 5.44. The molecule has 0 aliphatic carbocycles. The maximum absolute atomic E-state index is 12.2. The third-order valence-electron chi connectivity index (χ3n) is 3.20. The summed E-state index contributed by atoms with van der Waals surface area (Å²) in [6.45, 7) is 6.72. The summed E-state index contributed by atoms with van der Waals surface area (Å²) in [5, 5.41) is 23.3. The highest BCUT2D eigenvalue weighted by Gasteiger charge is 2.18. The molecule has 0 saturated carbocycles. The lowest BCUT2D eigenvalue weighted by atomic mass is 9.92. The Bertz CT molecular complexity index is 731. The Morgan fingerprint density at radius 2 is 2.14 bits per heavy atom. The molecule has 1 N–H and O–H groups in total. The third-order valence-corrected chi connectivity index (χ3v) is 3.20. The van der Waals surface area contributed by atoms with E-state index in [0.717, 1.165) is 6.42 Å². The number of aryl methyl sites for hydroxylation is 1. The van der Waals surface area contributed by atoms with Crippen LogP contribution in [0.4, 0.5) is 0 Å². The molecule has 21 heavy (non-hydrogen) atoms. The van der Waals surface area contributed by atoms with Crippen molar-refractivity contribution in [2.24, 2.45) is 5.41 Å². The van der Waals surface area contributed by atoms with Gasteiger partial charge in [0.1, 0.15) is 11.8 Å². The van der Waals surface area contributed by atoms with Crippen molar-refractivity contribution in [3.63, 3.8) is 0 Å². The van der Waals surface area contributed by atoms with Crippen LogP contribution in [0, 0.1) is 16.7 Å². The summed E-state index contributed by atoms with van der Waals surface area (Å²) in [4.78, 5) is 12.2. The molecule has 6 nitrogen and oxygen atoms in total. The van der Waals surface area contributed by atoms with Crippen molar-refractivity contribution < 1.29 is 5.11 Å². The molecule has 0 aliphatic heterocycles. The fourth-order valence-corrected chi connectivity index (χ4v) is 1.94. The van der Waals surface area contributed by atoms with E-state index in [2.05, 4.69) is 25.9 Å². The molecule has 2 aromatic heterocycles. The Labute approximate surface area is 122 Å². The van der Waals surface area contributed by atoms with E-state index in [0.29, 0.717) is 12.2 Å². The minimum Gasteiger partial charge on any atom is -0.504 e. The lowest BCUT2D eigenvalue weighted by Crippen LogP contribution is -2.25. The highest BCUT2D eigenvalue weighted by atomic mass is 16.3. The van der Waals surface area contributed by atoms with Gasteiger partial charge >= 0.3 is 0 Å². The maximum atomic E-state index is 12.2. The summed E-state index contributed by atoms with van der Waals surface area (Å²) in [6.07, 6.45) is 5.53. The Kier molecular flexibility index (Phi) is 3.85. The predicted octanol–water partition coefficient (Wildman–Crippen LogP) is 2.05. The van der Waals surface area contributed by atoms with Crippen LogP contribution in [-0.4, -0.2) is 19.5 Å². The smallest absolute Gasteiger partial charge is 0.272 e. The number of hydrogen-bond donors (Lipinski definition) is 1. The summed E-state index contributed by atoms with van der Waals surface area (Å²) in [5.41, 5.74) is -0.340. The molecule has 0 saturated heterocycles. The average molecular weight is 286 g/mol. The Balaban J connectivity index is 2.54. The topological polar surface area (TPSA) is 83.8 Å². The molecule has 110 valence electrons. The second-order valence-electron chi connectivity index (χ2n) is 6.11. The van der Waals surface area contributed by atoms with Crippen molar-refractivity contribution in [1.29, 1.82) is 5.26 Å². The van der Waals surface area contributed by atoms with Gasteiger partial charge in [0, 0.05) is 25.1 Å². The van der Waals surface area contributed by atoms with Crippen LogP contribution in [-0.2, 0) is 6.54 Å². The van der Waals surface area contributed by atoms with Crippen LogP contribution in [0.1, 0.15) is 32.8 Å². The summed E-state index contributed by atoms with van der Waals surface area (Å²) >= 11 is 0. The molecular weight excluding hydrogens is 268 g/mol. The van der Waals surface area contributed by atoms with Gasteiger partial charge in [-0.3, -0.25) is 4.79 Å². The van der Waals surface area contributed by atoms with Crippen molar-refractivity contribution in [3.8, 4) is 17.5 Å². The molecule has 0 atom stereocenters. The van der Waals surface area contributed by atoms with Crippen LogP contribution in [0.5, 0.6) is 5.75 Å². The van der Waals surface area contributed by atoms with Crippen LogP contribution in [0.25, 0.3) is 5.69 Å². The first-order valence-corrected chi connectivity index (χ1v) is 6.70. The van der Waals surface area contributed by atoms with Crippen molar-refractivity contribution in [3.05, 3.63) is 40.6 Å². The van der Waals surface area contributed by atoms with Crippen molar-refractivity contribution in [2.75, 3.05) is 0 Å². The van der Waals surface area contributed by atoms with Crippen LogP contribution in [0.3, 0.4) is 0 Å². The fraction of sp³-hybridized carbons (Fsp3) is 0.400. The van der Waals surface area contributed by atoms with Gasteiger partial charge in [-0.15, -0.1) is 0 Å². The molecule has 0 aliphatic rings. The van der Waals surface area contributed by atoms with E-state index in [4.69, 9.17) is 5.26 Å². The van der Waals surface area contributed by atoms with Crippen LogP contribution in [0.2, 0.25) is 0 Å². The van der Waals surface area contributed by atoms with E-state index >= 15 is 0 Å². The van der Waals surface area contributed by atoms with Crippen LogP contribution >= 0.6 is 0 Å². The summed E-state index contributed by atoms with van der Waals surface area (Å²) in [6, 6.07) is 3.48.